The van der Waals surface area contributed by atoms with Gasteiger partial charge in [-0.15, -0.1) is 0 Å². The molecule has 10 heteroatoms. The van der Waals surface area contributed by atoms with E-state index in [9.17, 15) is 20.2 Å². The lowest BCUT2D eigenvalue weighted by Gasteiger charge is -2.14. The van der Waals surface area contributed by atoms with Gasteiger partial charge < -0.3 is 19.5 Å². The molecule has 0 fully saturated rings. The second-order valence-electron chi connectivity index (χ2n) is 7.28. The van der Waals surface area contributed by atoms with E-state index in [0.717, 1.165) is 11.6 Å². The molecule has 3 aromatic carbocycles. The summed E-state index contributed by atoms with van der Waals surface area (Å²) in [6.07, 6.45) is 0. The molecule has 1 amide bonds. The van der Waals surface area contributed by atoms with Gasteiger partial charge in [-0.3, -0.25) is 14.9 Å². The maximum absolute atomic E-state index is 13.0. The number of rotatable bonds is 10. The van der Waals surface area contributed by atoms with Gasteiger partial charge in [-0.05, 0) is 23.3 Å². The van der Waals surface area contributed by atoms with Gasteiger partial charge in [0.25, 0.3) is 11.6 Å². The van der Waals surface area contributed by atoms with Crippen LogP contribution in [0.4, 0.5) is 11.4 Å². The number of anilines is 1. The smallest absolute Gasteiger partial charge is 0.286 e. The Morgan fingerprint density at radius 2 is 1.86 bits per heavy atom. The number of hydrogen-bond acceptors (Lipinski definition) is 7. The number of carbonyl (C=O) groups is 1. The van der Waals surface area contributed by atoms with Gasteiger partial charge in [0.1, 0.15) is 12.2 Å². The zero-order valence-corrected chi connectivity index (χ0v) is 19.7. The fourth-order valence-electron chi connectivity index (χ4n) is 3.40. The lowest BCUT2D eigenvalue weighted by Crippen LogP contribution is -2.15. The first kappa shape index (κ1) is 25.5. The Balaban J connectivity index is 1.88. The number of nitrogens with one attached hydrogen (secondary N) is 1. The van der Waals surface area contributed by atoms with Crippen LogP contribution in [0.25, 0.3) is 0 Å². The molecule has 0 saturated carbocycles. The minimum Gasteiger partial charge on any atom is -0.493 e. The van der Waals surface area contributed by atoms with E-state index in [-0.39, 0.29) is 35.3 Å². The Hall–Kier alpha value is -4.13. The summed E-state index contributed by atoms with van der Waals surface area (Å²) in [6.45, 7) is 0.417. The van der Waals surface area contributed by atoms with Gasteiger partial charge in [0.15, 0.2) is 11.5 Å². The van der Waals surface area contributed by atoms with Crippen molar-refractivity contribution in [3.05, 3.63) is 92.5 Å². The number of methoxy groups -OCH3 is 2. The first-order chi connectivity index (χ1) is 16.9. The molecule has 0 aromatic heterocycles. The van der Waals surface area contributed by atoms with E-state index >= 15 is 0 Å². The van der Waals surface area contributed by atoms with E-state index in [0.29, 0.717) is 11.3 Å². The van der Waals surface area contributed by atoms with Crippen LogP contribution in [0.15, 0.2) is 60.7 Å². The molecule has 1 atom stereocenters. The third-order valence-electron chi connectivity index (χ3n) is 5.10. The summed E-state index contributed by atoms with van der Waals surface area (Å²) in [7, 11) is 2.86. The van der Waals surface area contributed by atoms with Gasteiger partial charge in [0, 0.05) is 23.9 Å². The summed E-state index contributed by atoms with van der Waals surface area (Å²) in [6, 6.07) is 18.5. The van der Waals surface area contributed by atoms with Crippen LogP contribution in [0.3, 0.4) is 0 Å². The third kappa shape index (κ3) is 6.06. The fourth-order valence-corrected chi connectivity index (χ4v) is 3.69. The van der Waals surface area contributed by atoms with Gasteiger partial charge >= 0.3 is 0 Å². The number of ether oxygens (including phenoxy) is 3. The van der Waals surface area contributed by atoms with Crippen LogP contribution in [0, 0.1) is 21.4 Å². The van der Waals surface area contributed by atoms with Gasteiger partial charge in [-0.1, -0.05) is 48.0 Å². The standard InChI is InChI=1S/C25H22ClN3O6/c1-33-10-11-35-24-14-22(29(31)32)19(13-23(24)34-2)25(30)28-17-8-9-18(21(26)12-17)20(15-27)16-6-4-3-5-7-16/h3-9,12-14,20H,10-11H2,1-2H3,(H,28,30). The second kappa shape index (κ2) is 11.8. The first-order valence-electron chi connectivity index (χ1n) is 10.4. The van der Waals surface area contributed by atoms with Crippen molar-refractivity contribution in [2.45, 2.75) is 5.92 Å². The summed E-state index contributed by atoms with van der Waals surface area (Å²) in [5.41, 5.74) is 0.993. The summed E-state index contributed by atoms with van der Waals surface area (Å²) in [4.78, 5) is 23.9. The monoisotopic (exact) mass is 495 g/mol. The lowest BCUT2D eigenvalue weighted by molar-refractivity contribution is -0.385. The normalized spacial score (nSPS) is 11.3. The average Bonchev–Trinajstić information content (AvgIpc) is 2.86. The van der Waals surface area contributed by atoms with Crippen LogP contribution in [0.1, 0.15) is 27.4 Å². The van der Waals surface area contributed by atoms with Crippen molar-refractivity contribution in [1.82, 2.24) is 0 Å². The predicted octanol–water partition coefficient (Wildman–Crippen LogP) is 5.19. The summed E-state index contributed by atoms with van der Waals surface area (Å²) < 4.78 is 15.6. The molecular weight excluding hydrogens is 474 g/mol. The number of nitro benzene ring substituents is 1. The van der Waals surface area contributed by atoms with Gasteiger partial charge in [-0.25, -0.2) is 0 Å². The molecule has 0 aliphatic heterocycles. The highest BCUT2D eigenvalue weighted by Gasteiger charge is 2.25. The lowest BCUT2D eigenvalue weighted by atomic mass is 9.92. The van der Waals surface area contributed by atoms with E-state index in [4.69, 9.17) is 25.8 Å². The average molecular weight is 496 g/mol. The molecule has 0 aliphatic rings. The molecule has 0 aliphatic carbocycles. The summed E-state index contributed by atoms with van der Waals surface area (Å²) >= 11 is 6.44. The molecule has 1 N–H and O–H groups in total. The Labute approximate surface area is 207 Å². The van der Waals surface area contributed by atoms with Crippen molar-refractivity contribution in [3.8, 4) is 17.6 Å². The SMILES string of the molecule is COCCOc1cc([N+](=O)[O-])c(C(=O)Nc2ccc(C(C#N)c3ccccc3)c(Cl)c2)cc1OC. The molecular formula is C25H22ClN3O6. The first-order valence-corrected chi connectivity index (χ1v) is 10.8. The molecule has 3 aromatic rings. The van der Waals surface area contributed by atoms with Crippen molar-refractivity contribution in [2.24, 2.45) is 0 Å². The zero-order chi connectivity index (χ0) is 25.4. The number of amides is 1. The highest BCUT2D eigenvalue weighted by atomic mass is 35.5. The third-order valence-corrected chi connectivity index (χ3v) is 5.43. The van der Waals surface area contributed by atoms with Crippen LogP contribution >= 0.6 is 11.6 Å². The van der Waals surface area contributed by atoms with Crippen molar-refractivity contribution < 1.29 is 23.9 Å². The molecule has 0 bridgehead atoms. The quantitative estimate of drug-likeness (QED) is 0.233. The molecule has 9 nitrogen and oxygen atoms in total. The number of halogens is 1. The Kier molecular flexibility index (Phi) is 8.62. The second-order valence-corrected chi connectivity index (χ2v) is 7.69. The topological polar surface area (TPSA) is 124 Å². The summed E-state index contributed by atoms with van der Waals surface area (Å²) in [5.74, 6) is -1.06. The fraction of sp³-hybridized carbons (Fsp3) is 0.200. The van der Waals surface area contributed by atoms with Crippen LogP contribution in [-0.4, -0.2) is 38.3 Å². The Morgan fingerprint density at radius 3 is 2.46 bits per heavy atom. The van der Waals surface area contributed by atoms with Crippen LogP contribution < -0.4 is 14.8 Å². The number of nitro groups is 1. The molecule has 0 heterocycles. The molecule has 3 rings (SSSR count). The molecule has 180 valence electrons. The maximum Gasteiger partial charge on any atom is 0.286 e. The molecule has 0 radical (unpaired) electrons. The largest absolute Gasteiger partial charge is 0.493 e. The molecule has 35 heavy (non-hydrogen) atoms. The van der Waals surface area contributed by atoms with E-state index in [2.05, 4.69) is 11.4 Å². The van der Waals surface area contributed by atoms with Crippen molar-refractivity contribution >= 4 is 28.9 Å². The van der Waals surface area contributed by atoms with Crippen LogP contribution in [0.5, 0.6) is 11.5 Å². The molecule has 0 spiro atoms. The minimum atomic E-state index is -0.734. The number of nitriles is 1. The van der Waals surface area contributed by atoms with Gasteiger partial charge in [-0.2, -0.15) is 5.26 Å². The molecule has 1 unspecified atom stereocenters. The highest BCUT2D eigenvalue weighted by molar-refractivity contribution is 6.32. The van der Waals surface area contributed by atoms with Crippen LogP contribution in [-0.2, 0) is 4.74 Å². The molecule has 0 saturated heterocycles. The summed E-state index contributed by atoms with van der Waals surface area (Å²) in [5, 5.41) is 24.2. The number of hydrogen-bond donors (Lipinski definition) is 1. The number of benzene rings is 3. The zero-order valence-electron chi connectivity index (χ0n) is 19.0. The Bertz CT molecular complexity index is 1260. The van der Waals surface area contributed by atoms with Gasteiger partial charge in [0.05, 0.1) is 36.7 Å². The number of carbonyl (C=O) groups excluding carboxylic acids is 1. The van der Waals surface area contributed by atoms with Crippen molar-refractivity contribution in [2.75, 3.05) is 32.8 Å². The minimum absolute atomic E-state index is 0.114. The van der Waals surface area contributed by atoms with Gasteiger partial charge in [0.2, 0.25) is 0 Å². The predicted molar refractivity (Wildman–Crippen MR) is 130 cm³/mol. The highest BCUT2D eigenvalue weighted by Crippen LogP contribution is 2.36. The van der Waals surface area contributed by atoms with E-state index in [1.165, 1.54) is 26.4 Å². The van der Waals surface area contributed by atoms with E-state index in [1.807, 2.05) is 30.3 Å². The van der Waals surface area contributed by atoms with E-state index < -0.39 is 22.4 Å². The van der Waals surface area contributed by atoms with Crippen LogP contribution in [0.2, 0.25) is 5.02 Å². The maximum atomic E-state index is 13.0. The van der Waals surface area contributed by atoms with Crippen molar-refractivity contribution in [1.29, 1.82) is 5.26 Å². The van der Waals surface area contributed by atoms with Crippen molar-refractivity contribution in [3.63, 3.8) is 0 Å². The van der Waals surface area contributed by atoms with E-state index in [1.54, 1.807) is 12.1 Å². The Morgan fingerprint density at radius 1 is 1.11 bits per heavy atom. The number of nitrogens with zero attached hydrogens (tertiary/aromatic N) is 2.